The maximum Gasteiger partial charge on any atom is 0.185 e. The average molecular weight is 451 g/mol. The van der Waals surface area contributed by atoms with Crippen molar-refractivity contribution in [2.24, 2.45) is 0 Å². The Hall–Kier alpha value is -2.52. The van der Waals surface area contributed by atoms with Gasteiger partial charge in [0.2, 0.25) is 0 Å². The predicted molar refractivity (Wildman–Crippen MR) is 113 cm³/mol. The van der Waals surface area contributed by atoms with Crippen LogP contribution >= 0.6 is 11.3 Å². The largest absolute Gasteiger partial charge is 0.497 e. The molecule has 1 aliphatic heterocycles. The lowest BCUT2D eigenvalue weighted by Gasteiger charge is -2.31. The van der Waals surface area contributed by atoms with Crippen LogP contribution in [0.5, 0.6) is 5.75 Å². The van der Waals surface area contributed by atoms with E-state index in [9.17, 15) is 17.2 Å². The summed E-state index contributed by atoms with van der Waals surface area (Å²) in [5, 5.41) is 2.09. The molecule has 1 aromatic heterocycles. The predicted octanol–water partition coefficient (Wildman–Crippen LogP) is 4.54. The topological polar surface area (TPSA) is 59.5 Å². The van der Waals surface area contributed by atoms with Crippen LogP contribution in [-0.4, -0.2) is 38.9 Å². The Labute approximate surface area is 177 Å². The highest BCUT2D eigenvalue weighted by atomic mass is 32.2. The summed E-state index contributed by atoms with van der Waals surface area (Å²) in [6.07, 6.45) is 0.715. The fourth-order valence-electron chi connectivity index (χ4n) is 3.55. The first kappa shape index (κ1) is 20.7. The van der Waals surface area contributed by atoms with Crippen LogP contribution in [0.3, 0.4) is 0 Å². The number of piperidine rings is 1. The molecule has 9 heteroatoms. The molecule has 0 atom stereocenters. The second-order valence-electron chi connectivity index (χ2n) is 7.05. The molecule has 3 aromatic rings. The van der Waals surface area contributed by atoms with E-state index in [1.54, 1.807) is 7.11 Å². The normalized spacial score (nSPS) is 15.4. The molecule has 2 heterocycles. The first-order valence-corrected chi connectivity index (χ1v) is 11.8. The van der Waals surface area contributed by atoms with Crippen molar-refractivity contribution in [2.75, 3.05) is 25.1 Å². The van der Waals surface area contributed by atoms with E-state index in [1.165, 1.54) is 11.3 Å². The van der Waals surface area contributed by atoms with Gasteiger partial charge in [-0.3, -0.25) is 0 Å². The molecule has 158 valence electrons. The minimum Gasteiger partial charge on any atom is -0.497 e. The Morgan fingerprint density at radius 3 is 2.43 bits per heavy atom. The molecule has 4 rings (SSSR count). The van der Waals surface area contributed by atoms with Gasteiger partial charge < -0.3 is 9.64 Å². The molecular weight excluding hydrogens is 430 g/mol. The number of thiazole rings is 1. The number of halogens is 2. The highest BCUT2D eigenvalue weighted by Crippen LogP contribution is 2.32. The quantitative estimate of drug-likeness (QED) is 0.534. The van der Waals surface area contributed by atoms with Crippen molar-refractivity contribution in [3.63, 3.8) is 0 Å². The number of sulfone groups is 1. The lowest BCUT2D eigenvalue weighted by molar-refractivity contribution is 0.415. The molecule has 0 radical (unpaired) electrons. The fourth-order valence-corrected chi connectivity index (χ4v) is 6.21. The molecule has 1 aliphatic rings. The van der Waals surface area contributed by atoms with Gasteiger partial charge in [0.05, 0.1) is 18.1 Å². The van der Waals surface area contributed by atoms with Crippen molar-refractivity contribution >= 4 is 26.3 Å². The molecule has 1 fully saturated rings. The van der Waals surface area contributed by atoms with Crippen molar-refractivity contribution in [1.82, 2.24) is 4.98 Å². The third-order valence-electron chi connectivity index (χ3n) is 5.23. The molecule has 0 spiro atoms. The van der Waals surface area contributed by atoms with Crippen molar-refractivity contribution in [3.8, 4) is 17.0 Å². The second kappa shape index (κ2) is 8.31. The summed E-state index contributed by atoms with van der Waals surface area (Å²) in [6, 6.07) is 10.2. The van der Waals surface area contributed by atoms with Crippen LogP contribution in [0.2, 0.25) is 0 Å². The molecule has 30 heavy (non-hydrogen) atoms. The molecular formula is C21H20F2N2O3S2. The van der Waals surface area contributed by atoms with Crippen LogP contribution in [0.1, 0.15) is 12.8 Å². The van der Waals surface area contributed by atoms with E-state index in [0.29, 0.717) is 32.0 Å². The highest BCUT2D eigenvalue weighted by Gasteiger charge is 2.34. The molecule has 5 nitrogen and oxygen atoms in total. The number of ether oxygens (including phenoxy) is 1. The van der Waals surface area contributed by atoms with Crippen molar-refractivity contribution in [2.45, 2.75) is 23.0 Å². The van der Waals surface area contributed by atoms with Crippen molar-refractivity contribution in [3.05, 3.63) is 59.5 Å². The first-order valence-electron chi connectivity index (χ1n) is 9.42. The molecule has 0 aliphatic carbocycles. The first-order chi connectivity index (χ1) is 14.4. The Kier molecular flexibility index (Phi) is 5.75. The summed E-state index contributed by atoms with van der Waals surface area (Å²) in [5.74, 6) is -1.06. The number of rotatable bonds is 5. The van der Waals surface area contributed by atoms with E-state index in [4.69, 9.17) is 4.74 Å². The molecule has 0 saturated carbocycles. The SMILES string of the molecule is COc1ccc(-c2csc(N3CCC(S(=O)(=O)c4ccc(F)cc4F)CC3)n2)cc1. The van der Waals surface area contributed by atoms with E-state index in [0.717, 1.165) is 34.3 Å². The Morgan fingerprint density at radius 2 is 1.80 bits per heavy atom. The molecule has 2 aromatic carbocycles. The third-order valence-corrected chi connectivity index (χ3v) is 8.42. The van der Waals surface area contributed by atoms with Gasteiger partial charge in [-0.05, 0) is 49.2 Å². The summed E-state index contributed by atoms with van der Waals surface area (Å²) in [5.41, 5.74) is 1.82. The molecule has 1 saturated heterocycles. The smallest absolute Gasteiger partial charge is 0.185 e. The van der Waals surface area contributed by atoms with Crippen LogP contribution < -0.4 is 9.64 Å². The molecule has 0 N–H and O–H groups in total. The summed E-state index contributed by atoms with van der Waals surface area (Å²) in [4.78, 5) is 6.30. The zero-order chi connectivity index (χ0) is 21.3. The number of aromatic nitrogens is 1. The minimum absolute atomic E-state index is 0.358. The van der Waals surface area contributed by atoms with Gasteiger partial charge in [0.25, 0.3) is 0 Å². The van der Waals surface area contributed by atoms with Gasteiger partial charge in [-0.25, -0.2) is 22.2 Å². The molecule has 0 bridgehead atoms. The zero-order valence-corrected chi connectivity index (χ0v) is 17.8. The van der Waals surface area contributed by atoms with Gasteiger partial charge in [-0.1, -0.05) is 0 Å². The second-order valence-corrected chi connectivity index (χ2v) is 10.1. The number of hydrogen-bond donors (Lipinski definition) is 0. The number of benzene rings is 2. The number of anilines is 1. The van der Waals surface area contributed by atoms with E-state index >= 15 is 0 Å². The summed E-state index contributed by atoms with van der Waals surface area (Å²) in [6.45, 7) is 1.00. The Bertz CT molecular complexity index is 1140. The van der Waals surface area contributed by atoms with E-state index < -0.39 is 31.6 Å². The van der Waals surface area contributed by atoms with Gasteiger partial charge in [0.1, 0.15) is 22.3 Å². The van der Waals surface area contributed by atoms with Crippen LogP contribution in [0.15, 0.2) is 52.7 Å². The maximum atomic E-state index is 14.0. The minimum atomic E-state index is -3.86. The van der Waals surface area contributed by atoms with Gasteiger partial charge in [0.15, 0.2) is 15.0 Å². The number of methoxy groups -OCH3 is 1. The van der Waals surface area contributed by atoms with Gasteiger partial charge in [-0.2, -0.15) is 0 Å². The maximum absolute atomic E-state index is 14.0. The van der Waals surface area contributed by atoms with E-state index in [1.807, 2.05) is 34.5 Å². The Morgan fingerprint density at radius 1 is 1.10 bits per heavy atom. The standard InChI is InChI=1S/C21H20F2N2O3S2/c1-28-16-5-2-14(3-6-16)19-13-29-21(24-19)25-10-8-17(9-11-25)30(26,27)20-7-4-15(22)12-18(20)23/h2-7,12-13,17H,8-11H2,1H3. The van der Waals surface area contributed by atoms with Crippen LogP contribution in [-0.2, 0) is 9.84 Å². The van der Waals surface area contributed by atoms with Gasteiger partial charge >= 0.3 is 0 Å². The van der Waals surface area contributed by atoms with Crippen LogP contribution in [0.25, 0.3) is 11.3 Å². The van der Waals surface area contributed by atoms with Crippen molar-refractivity contribution in [1.29, 1.82) is 0 Å². The lowest BCUT2D eigenvalue weighted by atomic mass is 10.1. The van der Waals surface area contributed by atoms with Crippen molar-refractivity contribution < 1.29 is 21.9 Å². The summed E-state index contributed by atoms with van der Waals surface area (Å²) < 4.78 is 57.9. The average Bonchev–Trinajstić information content (AvgIpc) is 3.24. The fraction of sp³-hybridized carbons (Fsp3) is 0.286. The third kappa shape index (κ3) is 4.04. The van der Waals surface area contributed by atoms with Crippen LogP contribution in [0, 0.1) is 11.6 Å². The highest BCUT2D eigenvalue weighted by molar-refractivity contribution is 7.92. The van der Waals surface area contributed by atoms with Gasteiger partial charge in [-0.15, -0.1) is 11.3 Å². The van der Waals surface area contributed by atoms with Gasteiger partial charge in [0, 0.05) is 30.1 Å². The number of hydrogen-bond acceptors (Lipinski definition) is 6. The Balaban J connectivity index is 1.45. The molecule has 0 unspecified atom stereocenters. The number of nitrogens with zero attached hydrogens (tertiary/aromatic N) is 2. The van der Waals surface area contributed by atoms with Crippen LogP contribution in [0.4, 0.5) is 13.9 Å². The van der Waals surface area contributed by atoms with E-state index in [-0.39, 0.29) is 0 Å². The summed E-state index contributed by atoms with van der Waals surface area (Å²) in [7, 11) is -2.24. The summed E-state index contributed by atoms with van der Waals surface area (Å²) >= 11 is 1.50. The van der Waals surface area contributed by atoms with E-state index in [2.05, 4.69) is 4.98 Å². The molecule has 0 amide bonds. The zero-order valence-electron chi connectivity index (χ0n) is 16.2. The lowest BCUT2D eigenvalue weighted by Crippen LogP contribution is -2.39. The monoisotopic (exact) mass is 450 g/mol.